The van der Waals surface area contributed by atoms with Crippen molar-refractivity contribution in [1.82, 2.24) is 19.4 Å². The number of aryl methyl sites for hydroxylation is 1. The van der Waals surface area contributed by atoms with Gasteiger partial charge in [-0.25, -0.2) is 9.55 Å². The van der Waals surface area contributed by atoms with Crippen LogP contribution in [0.1, 0.15) is 19.7 Å². The highest BCUT2D eigenvalue weighted by Crippen LogP contribution is 2.16. The van der Waals surface area contributed by atoms with Crippen molar-refractivity contribution < 1.29 is 9.72 Å². The largest absolute Gasteiger partial charge is 0.358 e. The van der Waals surface area contributed by atoms with Gasteiger partial charge in [0.1, 0.15) is 12.2 Å². The fraction of sp³-hybridized carbons (Fsp3) is 0.667. The second kappa shape index (κ2) is 7.40. The van der Waals surface area contributed by atoms with Crippen LogP contribution in [0.3, 0.4) is 0 Å². The number of hydrogen-bond donors (Lipinski definition) is 0. The van der Waals surface area contributed by atoms with E-state index in [1.165, 1.54) is 10.8 Å². The molecule has 0 radical (unpaired) electrons. The Hall–Kier alpha value is -2.47. The van der Waals surface area contributed by atoms with Crippen molar-refractivity contribution in [2.75, 3.05) is 26.2 Å². The summed E-state index contributed by atoms with van der Waals surface area (Å²) < 4.78 is 1.32. The molecule has 0 unspecified atom stereocenters. The maximum Gasteiger partial charge on any atom is 0.343 e. The molecule has 1 saturated heterocycles. The molecule has 24 heavy (non-hydrogen) atoms. The third-order valence-electron chi connectivity index (χ3n) is 4.34. The van der Waals surface area contributed by atoms with Gasteiger partial charge >= 0.3 is 5.82 Å². The minimum absolute atomic E-state index is 0.0893. The number of imidazole rings is 1. The van der Waals surface area contributed by atoms with Crippen LogP contribution in [0.15, 0.2) is 6.20 Å². The Morgan fingerprint density at radius 2 is 2.04 bits per heavy atom. The standard InChI is InChI=1S/C15H22N6O3/c1-11(2)13(8-16)18-4-6-19(7-5-18)15(22)10-20-12(3)17-9-14(20)21(23)24/h9,11,13H,4-7,10H2,1-3H3/t13-/m1/s1. The zero-order chi connectivity index (χ0) is 17.9. The van der Waals surface area contributed by atoms with Crippen molar-refractivity contribution in [3.63, 3.8) is 0 Å². The van der Waals surface area contributed by atoms with Gasteiger partial charge in [-0.1, -0.05) is 13.8 Å². The highest BCUT2D eigenvalue weighted by atomic mass is 16.6. The second-order valence-corrected chi connectivity index (χ2v) is 6.24. The van der Waals surface area contributed by atoms with E-state index in [1.807, 2.05) is 13.8 Å². The Bertz CT molecular complexity index is 655. The van der Waals surface area contributed by atoms with Crippen LogP contribution in [-0.4, -0.2) is 62.4 Å². The third-order valence-corrected chi connectivity index (χ3v) is 4.34. The molecule has 9 heteroatoms. The van der Waals surface area contributed by atoms with Crippen molar-refractivity contribution in [2.24, 2.45) is 5.92 Å². The van der Waals surface area contributed by atoms with Crippen LogP contribution in [0.5, 0.6) is 0 Å². The normalized spacial score (nSPS) is 16.9. The van der Waals surface area contributed by atoms with Crippen LogP contribution < -0.4 is 0 Å². The van der Waals surface area contributed by atoms with Crippen LogP contribution in [0.4, 0.5) is 5.82 Å². The van der Waals surface area contributed by atoms with Gasteiger partial charge in [0, 0.05) is 33.1 Å². The highest BCUT2D eigenvalue weighted by molar-refractivity contribution is 5.76. The highest BCUT2D eigenvalue weighted by Gasteiger charge is 2.29. The summed E-state index contributed by atoms with van der Waals surface area (Å²) in [6, 6.07) is 2.16. The molecule has 1 fully saturated rings. The molecule has 1 amide bonds. The van der Waals surface area contributed by atoms with Crippen LogP contribution >= 0.6 is 0 Å². The van der Waals surface area contributed by atoms with Crippen molar-refractivity contribution in [2.45, 2.75) is 33.4 Å². The number of hydrogen-bond acceptors (Lipinski definition) is 6. The van der Waals surface area contributed by atoms with Gasteiger partial charge in [0.2, 0.25) is 0 Å². The lowest BCUT2D eigenvalue weighted by Gasteiger charge is -2.37. The molecule has 0 aliphatic carbocycles. The number of amides is 1. The average Bonchev–Trinajstić information content (AvgIpc) is 2.89. The molecule has 0 spiro atoms. The number of carbonyl (C=O) groups excluding carboxylic acids is 1. The predicted octanol–water partition coefficient (Wildman–Crippen LogP) is 0.792. The SMILES string of the molecule is Cc1ncc([N+](=O)[O-])n1CC(=O)N1CCN([C@H](C#N)C(C)C)CC1. The molecular weight excluding hydrogens is 312 g/mol. The number of carbonyl (C=O) groups is 1. The van der Waals surface area contributed by atoms with Gasteiger partial charge in [-0.2, -0.15) is 5.26 Å². The summed E-state index contributed by atoms with van der Waals surface area (Å²) in [5.74, 6) is 0.326. The number of nitriles is 1. The molecule has 2 rings (SSSR count). The summed E-state index contributed by atoms with van der Waals surface area (Å²) in [5, 5.41) is 20.3. The average molecular weight is 334 g/mol. The van der Waals surface area contributed by atoms with E-state index in [9.17, 15) is 20.2 Å². The molecule has 0 N–H and O–H groups in total. The molecule has 0 aromatic carbocycles. The van der Waals surface area contributed by atoms with Crippen LogP contribution in [0, 0.1) is 34.3 Å². The number of nitro groups is 1. The van der Waals surface area contributed by atoms with Crippen molar-refractivity contribution in [3.05, 3.63) is 22.1 Å². The van der Waals surface area contributed by atoms with Gasteiger partial charge in [-0.15, -0.1) is 0 Å². The summed E-state index contributed by atoms with van der Waals surface area (Å²) in [4.78, 5) is 30.6. The van der Waals surface area contributed by atoms with E-state index >= 15 is 0 Å². The number of rotatable bonds is 5. The molecule has 2 heterocycles. The molecule has 9 nitrogen and oxygen atoms in total. The van der Waals surface area contributed by atoms with Crippen LogP contribution in [-0.2, 0) is 11.3 Å². The number of aromatic nitrogens is 2. The molecule has 1 aliphatic heterocycles. The van der Waals surface area contributed by atoms with Crippen molar-refractivity contribution in [3.8, 4) is 6.07 Å². The fourth-order valence-electron chi connectivity index (χ4n) is 2.93. The minimum Gasteiger partial charge on any atom is -0.358 e. The van der Waals surface area contributed by atoms with Crippen molar-refractivity contribution in [1.29, 1.82) is 5.26 Å². The van der Waals surface area contributed by atoms with Crippen molar-refractivity contribution >= 4 is 11.7 Å². The lowest BCUT2D eigenvalue weighted by Crippen LogP contribution is -2.53. The van der Waals surface area contributed by atoms with E-state index in [-0.39, 0.29) is 30.2 Å². The smallest absolute Gasteiger partial charge is 0.343 e. The first-order valence-corrected chi connectivity index (χ1v) is 7.93. The van der Waals surface area contributed by atoms with E-state index < -0.39 is 4.92 Å². The lowest BCUT2D eigenvalue weighted by atomic mass is 10.0. The van der Waals surface area contributed by atoms with E-state index in [0.717, 1.165) is 0 Å². The molecule has 1 aliphatic rings. The first-order chi connectivity index (χ1) is 11.3. The summed E-state index contributed by atoms with van der Waals surface area (Å²) in [7, 11) is 0. The van der Waals surface area contributed by atoms with E-state index in [0.29, 0.717) is 32.0 Å². The van der Waals surface area contributed by atoms with E-state index in [1.54, 1.807) is 11.8 Å². The maximum atomic E-state index is 12.4. The predicted molar refractivity (Wildman–Crippen MR) is 86.0 cm³/mol. The van der Waals surface area contributed by atoms with Gasteiger partial charge in [-0.3, -0.25) is 9.69 Å². The molecule has 0 bridgehead atoms. The van der Waals surface area contributed by atoms with Gasteiger partial charge in [0.15, 0.2) is 12.4 Å². The molecular formula is C15H22N6O3. The minimum atomic E-state index is -0.536. The zero-order valence-electron chi connectivity index (χ0n) is 14.2. The Kier molecular flexibility index (Phi) is 5.51. The Morgan fingerprint density at radius 3 is 2.54 bits per heavy atom. The summed E-state index contributed by atoms with van der Waals surface area (Å²) in [5.41, 5.74) is 0. The van der Waals surface area contributed by atoms with E-state index in [4.69, 9.17) is 0 Å². The molecule has 130 valence electrons. The number of piperazine rings is 1. The fourth-order valence-corrected chi connectivity index (χ4v) is 2.93. The second-order valence-electron chi connectivity index (χ2n) is 6.24. The molecule has 1 atom stereocenters. The molecule has 1 aromatic rings. The topological polar surface area (TPSA) is 108 Å². The Morgan fingerprint density at radius 1 is 1.42 bits per heavy atom. The zero-order valence-corrected chi connectivity index (χ0v) is 14.2. The lowest BCUT2D eigenvalue weighted by molar-refractivity contribution is -0.392. The quantitative estimate of drug-likeness (QED) is 0.582. The summed E-state index contributed by atoms with van der Waals surface area (Å²) in [6.07, 6.45) is 1.17. The summed E-state index contributed by atoms with van der Waals surface area (Å²) >= 11 is 0. The maximum absolute atomic E-state index is 12.4. The van der Waals surface area contributed by atoms with E-state index in [2.05, 4.69) is 16.0 Å². The number of nitrogens with zero attached hydrogens (tertiary/aromatic N) is 6. The van der Waals surface area contributed by atoms with Gasteiger partial charge < -0.3 is 15.0 Å². The third kappa shape index (κ3) is 3.71. The molecule has 0 saturated carbocycles. The van der Waals surface area contributed by atoms with Gasteiger partial charge in [0.05, 0.1) is 6.07 Å². The first kappa shape index (κ1) is 17.9. The van der Waals surface area contributed by atoms with Crippen LogP contribution in [0.2, 0.25) is 0 Å². The van der Waals surface area contributed by atoms with Crippen LogP contribution in [0.25, 0.3) is 0 Å². The Labute approximate surface area is 140 Å². The Balaban J connectivity index is 1.98. The van der Waals surface area contributed by atoms with Gasteiger partial charge in [0.25, 0.3) is 5.91 Å². The van der Waals surface area contributed by atoms with Gasteiger partial charge in [-0.05, 0) is 10.8 Å². The summed E-state index contributed by atoms with van der Waals surface area (Å²) in [6.45, 7) is 7.86. The molecule has 1 aromatic heterocycles. The first-order valence-electron chi connectivity index (χ1n) is 7.93. The monoisotopic (exact) mass is 334 g/mol.